The van der Waals surface area contributed by atoms with Crippen molar-refractivity contribution in [2.24, 2.45) is 0 Å². The van der Waals surface area contributed by atoms with Crippen LogP contribution in [0.2, 0.25) is 0 Å². The van der Waals surface area contributed by atoms with Gasteiger partial charge in [-0.3, -0.25) is 4.79 Å². The van der Waals surface area contributed by atoms with Crippen molar-refractivity contribution in [2.45, 2.75) is 12.8 Å². The number of nitrogens with one attached hydrogen (secondary N) is 1. The van der Waals surface area contributed by atoms with E-state index < -0.39 is 0 Å². The van der Waals surface area contributed by atoms with Gasteiger partial charge in [0.15, 0.2) is 11.5 Å². The van der Waals surface area contributed by atoms with E-state index in [0.717, 1.165) is 6.42 Å². The molecule has 0 spiro atoms. The van der Waals surface area contributed by atoms with E-state index in [1.54, 1.807) is 18.2 Å². The molecular formula is C12H15NO4. The Labute approximate surface area is 99.3 Å². The van der Waals surface area contributed by atoms with Crippen LogP contribution in [0.1, 0.15) is 23.2 Å². The van der Waals surface area contributed by atoms with Gasteiger partial charge in [0.05, 0.1) is 0 Å². The molecule has 0 aliphatic carbocycles. The Morgan fingerprint density at radius 1 is 1.29 bits per heavy atom. The summed E-state index contributed by atoms with van der Waals surface area (Å²) in [6, 6.07) is 5.10. The molecule has 1 aliphatic rings. The summed E-state index contributed by atoms with van der Waals surface area (Å²) in [5.41, 5.74) is 0.554. The van der Waals surface area contributed by atoms with Crippen molar-refractivity contribution in [3.63, 3.8) is 0 Å². The normalized spacial score (nSPS) is 12.5. The van der Waals surface area contributed by atoms with Gasteiger partial charge < -0.3 is 19.9 Å². The Hall–Kier alpha value is -1.75. The lowest BCUT2D eigenvalue weighted by atomic mass is 10.2. The van der Waals surface area contributed by atoms with Crippen LogP contribution in [0.5, 0.6) is 11.5 Å². The second kappa shape index (κ2) is 5.54. The zero-order chi connectivity index (χ0) is 12.1. The molecule has 1 aromatic carbocycles. The number of benzene rings is 1. The van der Waals surface area contributed by atoms with E-state index in [-0.39, 0.29) is 19.3 Å². The first kappa shape index (κ1) is 11.7. The summed E-state index contributed by atoms with van der Waals surface area (Å²) in [7, 11) is 0. The number of carbonyl (C=O) groups excluding carboxylic acids is 1. The first-order valence-corrected chi connectivity index (χ1v) is 5.60. The fourth-order valence-electron chi connectivity index (χ4n) is 1.58. The third-order valence-electron chi connectivity index (χ3n) is 2.51. The molecule has 0 fully saturated rings. The molecule has 0 unspecified atom stereocenters. The molecule has 92 valence electrons. The summed E-state index contributed by atoms with van der Waals surface area (Å²) in [6.07, 6.45) is 1.47. The van der Waals surface area contributed by atoms with Crippen LogP contribution in [0.25, 0.3) is 0 Å². The average molecular weight is 237 g/mol. The topological polar surface area (TPSA) is 67.8 Å². The van der Waals surface area contributed by atoms with Gasteiger partial charge in [0.25, 0.3) is 5.91 Å². The second-order valence-corrected chi connectivity index (χ2v) is 3.75. The molecule has 1 aromatic rings. The number of unbranched alkanes of at least 4 members (excludes halogenated alkanes) is 1. The largest absolute Gasteiger partial charge is 0.454 e. The fraction of sp³-hybridized carbons (Fsp3) is 0.417. The quantitative estimate of drug-likeness (QED) is 0.747. The number of fused-ring (bicyclic) bond motifs is 1. The van der Waals surface area contributed by atoms with Gasteiger partial charge in [-0.05, 0) is 31.0 Å². The molecule has 0 aromatic heterocycles. The van der Waals surface area contributed by atoms with E-state index in [1.165, 1.54) is 0 Å². The molecule has 1 amide bonds. The molecule has 0 bridgehead atoms. The van der Waals surface area contributed by atoms with Crippen molar-refractivity contribution in [3.8, 4) is 11.5 Å². The first-order valence-electron chi connectivity index (χ1n) is 5.60. The monoisotopic (exact) mass is 237 g/mol. The van der Waals surface area contributed by atoms with Gasteiger partial charge in [-0.15, -0.1) is 0 Å². The SMILES string of the molecule is O=C(NCCCCO)c1ccc2c(c1)OCO2. The van der Waals surface area contributed by atoms with Crippen LogP contribution in [0, 0.1) is 0 Å². The highest BCUT2D eigenvalue weighted by molar-refractivity contribution is 5.94. The van der Waals surface area contributed by atoms with E-state index >= 15 is 0 Å². The highest BCUT2D eigenvalue weighted by Gasteiger charge is 2.15. The van der Waals surface area contributed by atoms with Crippen molar-refractivity contribution < 1.29 is 19.4 Å². The predicted octanol–water partition coefficient (Wildman–Crippen LogP) is 0.918. The Kier molecular flexibility index (Phi) is 3.82. The van der Waals surface area contributed by atoms with Gasteiger partial charge in [-0.25, -0.2) is 0 Å². The molecule has 0 atom stereocenters. The van der Waals surface area contributed by atoms with Crippen LogP contribution in [-0.2, 0) is 0 Å². The Morgan fingerprint density at radius 3 is 2.94 bits per heavy atom. The van der Waals surface area contributed by atoms with Gasteiger partial charge in [0, 0.05) is 18.7 Å². The maximum Gasteiger partial charge on any atom is 0.251 e. The third kappa shape index (κ3) is 2.88. The summed E-state index contributed by atoms with van der Waals surface area (Å²) in [5, 5.41) is 11.4. The van der Waals surface area contributed by atoms with E-state index in [9.17, 15) is 4.79 Å². The summed E-state index contributed by atoms with van der Waals surface area (Å²) < 4.78 is 10.4. The maximum atomic E-state index is 11.7. The van der Waals surface area contributed by atoms with Crippen LogP contribution >= 0.6 is 0 Å². The highest BCUT2D eigenvalue weighted by Crippen LogP contribution is 2.32. The third-order valence-corrected chi connectivity index (χ3v) is 2.51. The molecule has 2 rings (SSSR count). The lowest BCUT2D eigenvalue weighted by molar-refractivity contribution is 0.0951. The van der Waals surface area contributed by atoms with Crippen molar-refractivity contribution in [3.05, 3.63) is 23.8 Å². The van der Waals surface area contributed by atoms with E-state index in [2.05, 4.69) is 5.32 Å². The van der Waals surface area contributed by atoms with Crippen LogP contribution in [0.4, 0.5) is 0 Å². The number of aliphatic hydroxyl groups excluding tert-OH is 1. The number of hydrogen-bond acceptors (Lipinski definition) is 4. The van der Waals surface area contributed by atoms with Crippen molar-refractivity contribution in [2.75, 3.05) is 19.9 Å². The zero-order valence-corrected chi connectivity index (χ0v) is 9.44. The van der Waals surface area contributed by atoms with E-state index in [1.807, 2.05) is 0 Å². The Balaban J connectivity index is 1.91. The second-order valence-electron chi connectivity index (χ2n) is 3.75. The molecule has 2 N–H and O–H groups in total. The van der Waals surface area contributed by atoms with Crippen LogP contribution in [0.3, 0.4) is 0 Å². The van der Waals surface area contributed by atoms with E-state index in [4.69, 9.17) is 14.6 Å². The molecule has 17 heavy (non-hydrogen) atoms. The van der Waals surface area contributed by atoms with Crippen molar-refractivity contribution in [1.29, 1.82) is 0 Å². The Bertz CT molecular complexity index is 405. The molecule has 0 saturated carbocycles. The summed E-state index contributed by atoms with van der Waals surface area (Å²) in [4.78, 5) is 11.7. The number of hydrogen-bond donors (Lipinski definition) is 2. The molecule has 5 nitrogen and oxygen atoms in total. The number of carbonyl (C=O) groups is 1. The summed E-state index contributed by atoms with van der Waals surface area (Å²) in [5.74, 6) is 1.14. The molecule has 0 radical (unpaired) electrons. The van der Waals surface area contributed by atoms with Gasteiger partial charge in [-0.2, -0.15) is 0 Å². The average Bonchev–Trinajstić information content (AvgIpc) is 2.81. The molecule has 1 heterocycles. The highest BCUT2D eigenvalue weighted by atomic mass is 16.7. The van der Waals surface area contributed by atoms with Gasteiger partial charge in [0.1, 0.15) is 0 Å². The minimum absolute atomic E-state index is 0.138. The predicted molar refractivity (Wildman–Crippen MR) is 61.2 cm³/mol. The number of rotatable bonds is 5. The first-order chi connectivity index (χ1) is 8.31. The maximum absolute atomic E-state index is 11.7. The summed E-state index contributed by atoms with van der Waals surface area (Å²) >= 11 is 0. The van der Waals surface area contributed by atoms with Gasteiger partial charge in [0.2, 0.25) is 6.79 Å². The number of ether oxygens (including phenoxy) is 2. The zero-order valence-electron chi connectivity index (χ0n) is 9.44. The lowest BCUT2D eigenvalue weighted by Gasteiger charge is -2.05. The fourth-order valence-corrected chi connectivity index (χ4v) is 1.58. The molecule has 5 heteroatoms. The van der Waals surface area contributed by atoms with Gasteiger partial charge >= 0.3 is 0 Å². The van der Waals surface area contributed by atoms with Gasteiger partial charge in [-0.1, -0.05) is 0 Å². The van der Waals surface area contributed by atoms with Crippen LogP contribution < -0.4 is 14.8 Å². The number of amides is 1. The van der Waals surface area contributed by atoms with Crippen LogP contribution in [0.15, 0.2) is 18.2 Å². The summed E-state index contributed by atoms with van der Waals surface area (Å²) in [6.45, 7) is 0.921. The molecular weight excluding hydrogens is 222 g/mol. The molecule has 1 aliphatic heterocycles. The lowest BCUT2D eigenvalue weighted by Crippen LogP contribution is -2.24. The van der Waals surface area contributed by atoms with Crippen molar-refractivity contribution in [1.82, 2.24) is 5.32 Å². The standard InChI is InChI=1S/C12H15NO4/c14-6-2-1-5-13-12(15)9-3-4-10-11(7-9)17-8-16-10/h3-4,7,14H,1-2,5-6,8H2,(H,13,15). The Morgan fingerprint density at radius 2 is 2.12 bits per heavy atom. The molecule has 0 saturated heterocycles. The van der Waals surface area contributed by atoms with E-state index in [0.29, 0.717) is 30.0 Å². The smallest absolute Gasteiger partial charge is 0.251 e. The minimum Gasteiger partial charge on any atom is -0.454 e. The van der Waals surface area contributed by atoms with Crippen molar-refractivity contribution >= 4 is 5.91 Å². The van der Waals surface area contributed by atoms with Crippen LogP contribution in [-0.4, -0.2) is 31.0 Å². The number of aliphatic hydroxyl groups is 1. The minimum atomic E-state index is -0.138.